The standard InChI is InChI=1S/C13H27NO3S/c1-11(2)7-8-13(3,15)10-14-18(16,17)9-12-5-4-6-12/h11-12,14-15H,4-10H2,1-3H3. The lowest BCUT2D eigenvalue weighted by molar-refractivity contribution is 0.0505. The summed E-state index contributed by atoms with van der Waals surface area (Å²) in [6, 6.07) is 0. The van der Waals surface area contributed by atoms with Crippen LogP contribution in [0.4, 0.5) is 0 Å². The minimum atomic E-state index is -3.22. The number of hydrogen-bond donors (Lipinski definition) is 2. The fraction of sp³-hybridized carbons (Fsp3) is 1.00. The van der Waals surface area contributed by atoms with E-state index in [0.29, 0.717) is 18.3 Å². The van der Waals surface area contributed by atoms with E-state index in [1.165, 1.54) is 0 Å². The molecule has 108 valence electrons. The van der Waals surface area contributed by atoms with Gasteiger partial charge in [-0.3, -0.25) is 0 Å². The third-order valence-corrected chi connectivity index (χ3v) is 5.11. The van der Waals surface area contributed by atoms with Gasteiger partial charge in [0.15, 0.2) is 0 Å². The summed E-state index contributed by atoms with van der Waals surface area (Å²) in [5.41, 5.74) is -0.947. The van der Waals surface area contributed by atoms with Gasteiger partial charge in [0.25, 0.3) is 0 Å². The molecule has 1 fully saturated rings. The van der Waals surface area contributed by atoms with Crippen molar-refractivity contribution in [3.63, 3.8) is 0 Å². The average Bonchev–Trinajstić information content (AvgIpc) is 2.19. The first-order chi connectivity index (χ1) is 8.20. The largest absolute Gasteiger partial charge is 0.389 e. The molecule has 5 heteroatoms. The highest BCUT2D eigenvalue weighted by Crippen LogP contribution is 2.27. The van der Waals surface area contributed by atoms with Gasteiger partial charge in [0.05, 0.1) is 11.4 Å². The van der Waals surface area contributed by atoms with E-state index in [9.17, 15) is 13.5 Å². The molecule has 1 atom stereocenters. The van der Waals surface area contributed by atoms with Crippen molar-refractivity contribution < 1.29 is 13.5 Å². The van der Waals surface area contributed by atoms with E-state index in [2.05, 4.69) is 18.6 Å². The van der Waals surface area contributed by atoms with Crippen molar-refractivity contribution in [3.05, 3.63) is 0 Å². The molecule has 1 saturated carbocycles. The summed E-state index contributed by atoms with van der Waals surface area (Å²) in [5, 5.41) is 10.1. The van der Waals surface area contributed by atoms with Gasteiger partial charge in [-0.25, -0.2) is 13.1 Å². The minimum Gasteiger partial charge on any atom is -0.389 e. The van der Waals surface area contributed by atoms with Crippen LogP contribution >= 0.6 is 0 Å². The molecule has 0 heterocycles. The SMILES string of the molecule is CC(C)CCC(C)(O)CNS(=O)(=O)CC1CCC1. The summed E-state index contributed by atoms with van der Waals surface area (Å²) in [7, 11) is -3.22. The van der Waals surface area contributed by atoms with Crippen LogP contribution in [-0.2, 0) is 10.0 Å². The number of hydrogen-bond acceptors (Lipinski definition) is 3. The lowest BCUT2D eigenvalue weighted by atomic mass is 9.87. The summed E-state index contributed by atoms with van der Waals surface area (Å²) in [5.74, 6) is 1.05. The predicted octanol–water partition coefficient (Wildman–Crippen LogP) is 1.89. The summed E-state index contributed by atoms with van der Waals surface area (Å²) >= 11 is 0. The molecule has 1 unspecified atom stereocenters. The van der Waals surface area contributed by atoms with Gasteiger partial charge < -0.3 is 5.11 Å². The van der Waals surface area contributed by atoms with Crippen LogP contribution in [0.5, 0.6) is 0 Å². The molecule has 1 rings (SSSR count). The van der Waals surface area contributed by atoms with E-state index in [1.807, 2.05) is 0 Å². The van der Waals surface area contributed by atoms with Crippen LogP contribution < -0.4 is 4.72 Å². The van der Waals surface area contributed by atoms with Gasteiger partial charge in [-0.1, -0.05) is 20.3 Å². The molecular formula is C13H27NO3S. The van der Waals surface area contributed by atoms with Gasteiger partial charge in [-0.2, -0.15) is 0 Å². The molecule has 0 spiro atoms. The molecule has 4 nitrogen and oxygen atoms in total. The predicted molar refractivity (Wildman–Crippen MR) is 73.8 cm³/mol. The Hall–Kier alpha value is -0.130. The molecule has 0 aromatic heterocycles. The minimum absolute atomic E-state index is 0.120. The van der Waals surface area contributed by atoms with E-state index in [4.69, 9.17) is 0 Å². The van der Waals surface area contributed by atoms with E-state index in [1.54, 1.807) is 6.92 Å². The molecule has 0 bridgehead atoms. The fourth-order valence-electron chi connectivity index (χ4n) is 1.98. The second-order valence-corrected chi connectivity index (χ2v) is 8.18. The van der Waals surface area contributed by atoms with Crippen molar-refractivity contribution in [2.75, 3.05) is 12.3 Å². The van der Waals surface area contributed by atoms with Crippen LogP contribution in [0.1, 0.15) is 52.9 Å². The summed E-state index contributed by atoms with van der Waals surface area (Å²) in [6.07, 6.45) is 4.70. The van der Waals surface area contributed by atoms with Gasteiger partial charge in [0.1, 0.15) is 0 Å². The summed E-state index contributed by atoms with van der Waals surface area (Å²) < 4.78 is 26.1. The first-order valence-corrected chi connectivity index (χ1v) is 8.55. The quantitative estimate of drug-likeness (QED) is 0.712. The van der Waals surface area contributed by atoms with E-state index in [-0.39, 0.29) is 12.3 Å². The van der Waals surface area contributed by atoms with Gasteiger partial charge >= 0.3 is 0 Å². The number of nitrogens with one attached hydrogen (secondary N) is 1. The third kappa shape index (κ3) is 6.16. The van der Waals surface area contributed by atoms with E-state index < -0.39 is 15.6 Å². The first-order valence-electron chi connectivity index (χ1n) is 6.90. The molecule has 0 saturated heterocycles. The molecule has 0 amide bonds. The lowest BCUT2D eigenvalue weighted by Gasteiger charge is -2.27. The summed E-state index contributed by atoms with van der Waals surface area (Å²) in [6.45, 7) is 6.00. The maximum Gasteiger partial charge on any atom is 0.211 e. The van der Waals surface area contributed by atoms with Crippen molar-refractivity contribution >= 4 is 10.0 Å². The Labute approximate surface area is 111 Å². The highest BCUT2D eigenvalue weighted by molar-refractivity contribution is 7.89. The number of aliphatic hydroxyl groups is 1. The Morgan fingerprint density at radius 2 is 2.00 bits per heavy atom. The van der Waals surface area contributed by atoms with Crippen molar-refractivity contribution in [3.8, 4) is 0 Å². The second kappa shape index (κ2) is 6.35. The van der Waals surface area contributed by atoms with E-state index in [0.717, 1.165) is 25.7 Å². The van der Waals surface area contributed by atoms with Crippen LogP contribution in [-0.4, -0.2) is 31.4 Å². The van der Waals surface area contributed by atoms with Crippen LogP contribution in [0.2, 0.25) is 0 Å². The fourth-order valence-corrected chi connectivity index (χ4v) is 3.58. The summed E-state index contributed by atoms with van der Waals surface area (Å²) in [4.78, 5) is 0. The molecule has 2 N–H and O–H groups in total. The number of sulfonamides is 1. The smallest absolute Gasteiger partial charge is 0.211 e. The van der Waals surface area contributed by atoms with Crippen LogP contribution in [0.15, 0.2) is 0 Å². The normalized spacial score (nSPS) is 20.7. The maximum absolute atomic E-state index is 11.8. The number of rotatable bonds is 8. The third-order valence-electron chi connectivity index (χ3n) is 3.61. The van der Waals surface area contributed by atoms with Gasteiger partial charge in [-0.05, 0) is 44.4 Å². The second-order valence-electron chi connectivity index (χ2n) is 6.33. The lowest BCUT2D eigenvalue weighted by Crippen LogP contribution is -2.42. The van der Waals surface area contributed by atoms with Gasteiger partial charge in [-0.15, -0.1) is 0 Å². The molecule has 1 aliphatic carbocycles. The Morgan fingerprint density at radius 1 is 1.39 bits per heavy atom. The molecule has 0 aromatic carbocycles. The van der Waals surface area contributed by atoms with Crippen molar-refractivity contribution in [2.24, 2.45) is 11.8 Å². The average molecular weight is 277 g/mol. The van der Waals surface area contributed by atoms with Crippen LogP contribution in [0.25, 0.3) is 0 Å². The maximum atomic E-state index is 11.8. The molecule has 18 heavy (non-hydrogen) atoms. The highest BCUT2D eigenvalue weighted by Gasteiger charge is 2.27. The first kappa shape index (κ1) is 15.9. The molecule has 1 aliphatic rings. The van der Waals surface area contributed by atoms with Crippen LogP contribution in [0, 0.1) is 11.8 Å². The zero-order valence-electron chi connectivity index (χ0n) is 11.8. The zero-order chi connectivity index (χ0) is 13.8. The monoisotopic (exact) mass is 277 g/mol. The van der Waals surface area contributed by atoms with Gasteiger partial charge in [0.2, 0.25) is 10.0 Å². The molecule has 0 radical (unpaired) electrons. The van der Waals surface area contributed by atoms with Crippen molar-refractivity contribution in [2.45, 2.75) is 58.5 Å². The Kier molecular flexibility index (Phi) is 5.62. The Bertz CT molecular complexity index is 345. The van der Waals surface area contributed by atoms with Gasteiger partial charge in [0, 0.05) is 6.54 Å². The zero-order valence-corrected chi connectivity index (χ0v) is 12.6. The Morgan fingerprint density at radius 3 is 2.44 bits per heavy atom. The van der Waals surface area contributed by atoms with Crippen molar-refractivity contribution in [1.29, 1.82) is 0 Å². The molecule has 0 aromatic rings. The Balaban J connectivity index is 2.32. The highest BCUT2D eigenvalue weighted by atomic mass is 32.2. The molecular weight excluding hydrogens is 250 g/mol. The van der Waals surface area contributed by atoms with Crippen molar-refractivity contribution in [1.82, 2.24) is 4.72 Å². The van der Waals surface area contributed by atoms with E-state index >= 15 is 0 Å². The molecule has 0 aliphatic heterocycles. The van der Waals surface area contributed by atoms with Crippen LogP contribution in [0.3, 0.4) is 0 Å². The topological polar surface area (TPSA) is 66.4 Å².